The Bertz CT molecular complexity index is 845. The van der Waals surface area contributed by atoms with Crippen molar-refractivity contribution >= 4 is 27.5 Å². The lowest BCUT2D eigenvalue weighted by Crippen LogP contribution is -2.37. The molecule has 0 saturated heterocycles. The third-order valence-corrected chi connectivity index (χ3v) is 5.75. The maximum atomic E-state index is 12.4. The van der Waals surface area contributed by atoms with Crippen molar-refractivity contribution in [2.45, 2.75) is 32.2 Å². The van der Waals surface area contributed by atoms with Gasteiger partial charge in [-0.2, -0.15) is 0 Å². The van der Waals surface area contributed by atoms with Gasteiger partial charge in [0.2, 0.25) is 15.9 Å². The van der Waals surface area contributed by atoms with Gasteiger partial charge in [0, 0.05) is 31.6 Å². The molecule has 0 aliphatic heterocycles. The second kappa shape index (κ2) is 7.99. The number of sulfonamides is 1. The van der Waals surface area contributed by atoms with E-state index in [1.165, 1.54) is 18.7 Å². The second-order valence-electron chi connectivity index (χ2n) is 5.58. The molecule has 1 heterocycles. The van der Waals surface area contributed by atoms with Crippen molar-refractivity contribution in [3.63, 3.8) is 0 Å². The van der Waals surface area contributed by atoms with Crippen LogP contribution in [0.5, 0.6) is 0 Å². The summed E-state index contributed by atoms with van der Waals surface area (Å²) in [5, 5.41) is 4.21. The zero-order valence-electron chi connectivity index (χ0n) is 14.2. The number of nitrogens with zero attached hydrogens (tertiary/aromatic N) is 2. The summed E-state index contributed by atoms with van der Waals surface area (Å²) in [6.45, 7) is 5.11. The number of halogens is 1. The van der Waals surface area contributed by atoms with Crippen molar-refractivity contribution in [3.8, 4) is 0 Å². The minimum absolute atomic E-state index is 0.0352. The number of hydrogen-bond acceptors (Lipinski definition) is 5. The van der Waals surface area contributed by atoms with Crippen LogP contribution in [0.1, 0.15) is 23.9 Å². The molecule has 0 atom stereocenters. The first-order valence-electron chi connectivity index (χ1n) is 7.64. The standard InChI is InChI=1S/C16H20ClN3O4S/c1-11-16(12(2)24-19-11)25(22,23)18-8-9-20(13(3)21)10-14-6-4-5-7-15(14)17/h4-7,18H,8-10H2,1-3H3. The van der Waals surface area contributed by atoms with Gasteiger partial charge in [0.05, 0.1) is 0 Å². The molecule has 25 heavy (non-hydrogen) atoms. The average molecular weight is 386 g/mol. The zero-order chi connectivity index (χ0) is 18.6. The van der Waals surface area contributed by atoms with E-state index in [0.717, 1.165) is 5.56 Å². The Balaban J connectivity index is 2.03. The summed E-state index contributed by atoms with van der Waals surface area (Å²) in [7, 11) is -3.75. The molecule has 1 N–H and O–H groups in total. The van der Waals surface area contributed by atoms with Gasteiger partial charge in [-0.25, -0.2) is 13.1 Å². The maximum Gasteiger partial charge on any atom is 0.246 e. The first-order chi connectivity index (χ1) is 11.7. The molecule has 136 valence electrons. The summed E-state index contributed by atoms with van der Waals surface area (Å²) >= 11 is 6.12. The number of benzene rings is 1. The summed E-state index contributed by atoms with van der Waals surface area (Å²) in [6.07, 6.45) is 0. The van der Waals surface area contributed by atoms with Crippen LogP contribution in [0.4, 0.5) is 0 Å². The van der Waals surface area contributed by atoms with Crippen molar-refractivity contribution in [2.24, 2.45) is 0 Å². The Kier molecular flexibility index (Phi) is 6.21. The Hall–Kier alpha value is -1.90. The molecule has 0 bridgehead atoms. The van der Waals surface area contributed by atoms with Crippen LogP contribution in [0.25, 0.3) is 0 Å². The number of carbonyl (C=O) groups is 1. The third kappa shape index (κ3) is 4.81. The van der Waals surface area contributed by atoms with Crippen LogP contribution in [0.3, 0.4) is 0 Å². The minimum Gasteiger partial charge on any atom is -0.360 e. The molecular weight excluding hydrogens is 366 g/mol. The van der Waals surface area contributed by atoms with Crippen LogP contribution in [0.15, 0.2) is 33.7 Å². The van der Waals surface area contributed by atoms with E-state index in [2.05, 4.69) is 9.88 Å². The molecule has 0 unspecified atom stereocenters. The summed E-state index contributed by atoms with van der Waals surface area (Å²) in [5.74, 6) is 0.0564. The molecular formula is C16H20ClN3O4S. The summed E-state index contributed by atoms with van der Waals surface area (Å²) in [5.41, 5.74) is 1.09. The predicted octanol–water partition coefficient (Wildman–Crippen LogP) is 2.27. The van der Waals surface area contributed by atoms with Gasteiger partial charge in [0.15, 0.2) is 5.76 Å². The highest BCUT2D eigenvalue weighted by Crippen LogP contribution is 2.19. The van der Waals surface area contributed by atoms with Gasteiger partial charge in [-0.3, -0.25) is 4.79 Å². The number of carbonyl (C=O) groups excluding carboxylic acids is 1. The van der Waals surface area contributed by atoms with Gasteiger partial charge in [0.1, 0.15) is 10.6 Å². The van der Waals surface area contributed by atoms with E-state index in [4.69, 9.17) is 16.1 Å². The van der Waals surface area contributed by atoms with Gasteiger partial charge < -0.3 is 9.42 Å². The molecule has 0 fully saturated rings. The lowest BCUT2D eigenvalue weighted by Gasteiger charge is -2.22. The number of amides is 1. The Labute approximate surface area is 152 Å². The second-order valence-corrected chi connectivity index (χ2v) is 7.69. The van der Waals surface area contributed by atoms with Crippen LogP contribution in [-0.4, -0.2) is 37.5 Å². The van der Waals surface area contributed by atoms with Gasteiger partial charge in [0.25, 0.3) is 0 Å². The predicted molar refractivity (Wildman–Crippen MR) is 93.7 cm³/mol. The number of hydrogen-bond donors (Lipinski definition) is 1. The molecule has 0 saturated carbocycles. The fourth-order valence-electron chi connectivity index (χ4n) is 2.43. The number of rotatable bonds is 7. The summed E-state index contributed by atoms with van der Waals surface area (Å²) < 4.78 is 32.1. The molecule has 0 aliphatic carbocycles. The maximum absolute atomic E-state index is 12.4. The largest absolute Gasteiger partial charge is 0.360 e. The smallest absolute Gasteiger partial charge is 0.246 e. The van der Waals surface area contributed by atoms with Crippen molar-refractivity contribution in [1.29, 1.82) is 0 Å². The van der Waals surface area contributed by atoms with Crippen LogP contribution in [0, 0.1) is 13.8 Å². The molecule has 1 aromatic heterocycles. The molecule has 0 aliphatic rings. The number of aryl methyl sites for hydroxylation is 2. The highest BCUT2D eigenvalue weighted by Gasteiger charge is 2.24. The molecule has 1 amide bonds. The van der Waals surface area contributed by atoms with E-state index >= 15 is 0 Å². The van der Waals surface area contributed by atoms with Gasteiger partial charge in [-0.1, -0.05) is 35.0 Å². The summed E-state index contributed by atoms with van der Waals surface area (Å²) in [4.78, 5) is 13.4. The zero-order valence-corrected chi connectivity index (χ0v) is 15.8. The van der Waals surface area contributed by atoms with Crippen molar-refractivity contribution in [2.75, 3.05) is 13.1 Å². The third-order valence-electron chi connectivity index (χ3n) is 3.67. The topological polar surface area (TPSA) is 92.5 Å². The summed E-state index contributed by atoms with van der Waals surface area (Å²) in [6, 6.07) is 7.21. The molecule has 2 rings (SSSR count). The molecule has 1 aromatic carbocycles. The average Bonchev–Trinajstić information content (AvgIpc) is 2.87. The SMILES string of the molecule is CC(=O)N(CCNS(=O)(=O)c1c(C)noc1C)Cc1ccccc1Cl. The first-order valence-corrected chi connectivity index (χ1v) is 9.50. The highest BCUT2D eigenvalue weighted by molar-refractivity contribution is 7.89. The molecule has 2 aromatic rings. The molecule has 7 nitrogen and oxygen atoms in total. The van der Waals surface area contributed by atoms with Gasteiger partial charge in [-0.05, 0) is 25.5 Å². The Morgan fingerprint density at radius 2 is 2.00 bits per heavy atom. The number of nitrogens with one attached hydrogen (secondary N) is 1. The van der Waals surface area contributed by atoms with Crippen molar-refractivity contribution in [1.82, 2.24) is 14.8 Å². The van der Waals surface area contributed by atoms with E-state index < -0.39 is 10.0 Å². The van der Waals surface area contributed by atoms with Gasteiger partial charge >= 0.3 is 0 Å². The van der Waals surface area contributed by atoms with E-state index in [1.807, 2.05) is 18.2 Å². The van der Waals surface area contributed by atoms with Crippen molar-refractivity contribution in [3.05, 3.63) is 46.3 Å². The van der Waals surface area contributed by atoms with Crippen LogP contribution >= 0.6 is 11.6 Å². The fourth-order valence-corrected chi connectivity index (χ4v) is 3.97. The van der Waals surface area contributed by atoms with Crippen LogP contribution in [-0.2, 0) is 21.4 Å². The van der Waals surface area contributed by atoms with E-state index in [9.17, 15) is 13.2 Å². The van der Waals surface area contributed by atoms with E-state index in [-0.39, 0.29) is 29.7 Å². The quantitative estimate of drug-likeness (QED) is 0.789. The monoisotopic (exact) mass is 385 g/mol. The number of aromatic nitrogens is 1. The minimum atomic E-state index is -3.75. The normalized spacial score (nSPS) is 11.5. The fraction of sp³-hybridized carbons (Fsp3) is 0.375. The van der Waals surface area contributed by atoms with Gasteiger partial charge in [-0.15, -0.1) is 0 Å². The molecule has 0 radical (unpaired) electrons. The van der Waals surface area contributed by atoms with E-state index in [1.54, 1.807) is 13.0 Å². The Morgan fingerprint density at radius 3 is 2.56 bits per heavy atom. The Morgan fingerprint density at radius 1 is 1.32 bits per heavy atom. The highest BCUT2D eigenvalue weighted by atomic mass is 35.5. The van der Waals surface area contributed by atoms with Crippen LogP contribution in [0.2, 0.25) is 5.02 Å². The lowest BCUT2D eigenvalue weighted by atomic mass is 10.2. The van der Waals surface area contributed by atoms with Crippen LogP contribution < -0.4 is 4.72 Å². The molecule has 9 heteroatoms. The van der Waals surface area contributed by atoms with Crippen molar-refractivity contribution < 1.29 is 17.7 Å². The first kappa shape index (κ1) is 19.4. The lowest BCUT2D eigenvalue weighted by molar-refractivity contribution is -0.129. The molecule has 0 spiro atoms. The van der Waals surface area contributed by atoms with E-state index in [0.29, 0.717) is 17.3 Å².